The molecule has 1 aromatic rings. The van der Waals surface area contributed by atoms with Crippen molar-refractivity contribution in [1.29, 1.82) is 0 Å². The summed E-state index contributed by atoms with van der Waals surface area (Å²) in [6.45, 7) is 5.73. The highest BCUT2D eigenvalue weighted by Crippen LogP contribution is 2.10. The van der Waals surface area contributed by atoms with E-state index in [1.165, 1.54) is 6.42 Å². The predicted molar refractivity (Wildman–Crippen MR) is 110 cm³/mol. The molecule has 2 N–H and O–H groups in total. The number of likely N-dealkylation sites (tertiary alicyclic amines) is 1. The van der Waals surface area contributed by atoms with Gasteiger partial charge in [-0.15, -0.1) is 0 Å². The largest absolute Gasteiger partial charge is 0.342 e. The summed E-state index contributed by atoms with van der Waals surface area (Å²) in [6.07, 6.45) is 3.43. The summed E-state index contributed by atoms with van der Waals surface area (Å²) >= 11 is 0. The fraction of sp³-hybridized carbons (Fsp3) is 0.571. The number of carbonyl (C=O) groups excluding carboxylic acids is 3. The zero-order chi connectivity index (χ0) is 20.5. The number of benzene rings is 1. The molecule has 3 rings (SSSR count). The van der Waals surface area contributed by atoms with Gasteiger partial charge in [0.05, 0.1) is 13.1 Å². The summed E-state index contributed by atoms with van der Waals surface area (Å²) in [6, 6.07) is 9.07. The van der Waals surface area contributed by atoms with Gasteiger partial charge in [-0.3, -0.25) is 24.7 Å². The second-order valence-corrected chi connectivity index (χ2v) is 7.71. The van der Waals surface area contributed by atoms with Crippen molar-refractivity contribution in [3.8, 4) is 0 Å². The van der Waals surface area contributed by atoms with Crippen molar-refractivity contribution >= 4 is 17.8 Å². The van der Waals surface area contributed by atoms with Crippen LogP contribution in [0.25, 0.3) is 0 Å². The zero-order valence-electron chi connectivity index (χ0n) is 16.9. The normalized spacial score (nSPS) is 18.3. The van der Waals surface area contributed by atoms with Crippen LogP contribution in [0.15, 0.2) is 30.3 Å². The van der Waals surface area contributed by atoms with Crippen LogP contribution in [-0.4, -0.2) is 84.9 Å². The van der Waals surface area contributed by atoms with Crippen LogP contribution in [0.5, 0.6) is 0 Å². The molecule has 8 heteroatoms. The van der Waals surface area contributed by atoms with Crippen molar-refractivity contribution in [3.63, 3.8) is 0 Å². The van der Waals surface area contributed by atoms with Crippen molar-refractivity contribution in [3.05, 3.63) is 35.9 Å². The quantitative estimate of drug-likeness (QED) is 0.731. The summed E-state index contributed by atoms with van der Waals surface area (Å²) < 4.78 is 0. The van der Waals surface area contributed by atoms with Crippen LogP contribution in [-0.2, 0) is 16.1 Å². The third-order valence-electron chi connectivity index (χ3n) is 5.45. The summed E-state index contributed by atoms with van der Waals surface area (Å²) in [5, 5.41) is 5.07. The number of amides is 4. The van der Waals surface area contributed by atoms with E-state index in [9.17, 15) is 14.4 Å². The Morgan fingerprint density at radius 1 is 0.793 bits per heavy atom. The van der Waals surface area contributed by atoms with Crippen LogP contribution < -0.4 is 10.6 Å². The van der Waals surface area contributed by atoms with Crippen LogP contribution in [0.3, 0.4) is 0 Å². The molecule has 2 aliphatic rings. The Hall–Kier alpha value is -2.45. The summed E-state index contributed by atoms with van der Waals surface area (Å²) in [7, 11) is 0. The number of carbonyl (C=O) groups is 3. The fourth-order valence-corrected chi connectivity index (χ4v) is 3.73. The number of urea groups is 1. The SMILES string of the molecule is O=C(CN1CCN(CC(=O)N2CCCCC2)CC1)NC(=O)NCc1ccccc1. The topological polar surface area (TPSA) is 85.0 Å². The standard InChI is InChI=1S/C21H31N5O3/c27-19(23-21(29)22-15-18-7-3-1-4-8-18)16-24-11-13-25(14-12-24)17-20(28)26-9-5-2-6-10-26/h1,3-4,7-8H,2,5-6,9-17H2,(H2,22,23,27,29). The van der Waals surface area contributed by atoms with E-state index in [1.807, 2.05) is 40.1 Å². The molecule has 2 saturated heterocycles. The third kappa shape index (κ3) is 7.14. The lowest BCUT2D eigenvalue weighted by Gasteiger charge is -2.35. The molecule has 0 atom stereocenters. The average Bonchev–Trinajstić information content (AvgIpc) is 2.75. The average molecular weight is 402 g/mol. The van der Waals surface area contributed by atoms with Crippen LogP contribution in [0.2, 0.25) is 0 Å². The van der Waals surface area contributed by atoms with Crippen molar-refractivity contribution in [2.24, 2.45) is 0 Å². The molecule has 0 saturated carbocycles. The molecule has 0 aliphatic carbocycles. The minimum Gasteiger partial charge on any atom is -0.342 e. The van der Waals surface area contributed by atoms with Gasteiger partial charge in [-0.05, 0) is 24.8 Å². The maximum atomic E-state index is 12.4. The number of nitrogens with zero attached hydrogens (tertiary/aromatic N) is 3. The summed E-state index contributed by atoms with van der Waals surface area (Å²) in [5.74, 6) is -0.0978. The molecular weight excluding hydrogens is 370 g/mol. The Morgan fingerprint density at radius 2 is 1.41 bits per heavy atom. The molecule has 0 bridgehead atoms. The molecule has 0 radical (unpaired) electrons. The highest BCUT2D eigenvalue weighted by Gasteiger charge is 2.23. The molecule has 8 nitrogen and oxygen atoms in total. The lowest BCUT2D eigenvalue weighted by atomic mass is 10.1. The van der Waals surface area contributed by atoms with Gasteiger partial charge in [0, 0.05) is 45.8 Å². The first-order chi connectivity index (χ1) is 14.1. The first-order valence-electron chi connectivity index (χ1n) is 10.4. The van der Waals surface area contributed by atoms with Crippen LogP contribution in [0, 0.1) is 0 Å². The van der Waals surface area contributed by atoms with E-state index in [4.69, 9.17) is 0 Å². The van der Waals surface area contributed by atoms with E-state index < -0.39 is 6.03 Å². The summed E-state index contributed by atoms with van der Waals surface area (Å²) in [4.78, 5) is 42.5. The first kappa shape index (κ1) is 21.3. The van der Waals surface area contributed by atoms with Crippen LogP contribution in [0.1, 0.15) is 24.8 Å². The number of piperazine rings is 1. The second kappa shape index (κ2) is 10.9. The van der Waals surface area contributed by atoms with Gasteiger partial charge < -0.3 is 10.2 Å². The lowest BCUT2D eigenvalue weighted by molar-refractivity contribution is -0.134. The van der Waals surface area contributed by atoms with Crippen molar-refractivity contribution in [2.45, 2.75) is 25.8 Å². The molecule has 0 spiro atoms. The van der Waals surface area contributed by atoms with Gasteiger partial charge in [0.15, 0.2) is 0 Å². The molecule has 0 unspecified atom stereocenters. The van der Waals surface area contributed by atoms with E-state index in [-0.39, 0.29) is 18.4 Å². The van der Waals surface area contributed by atoms with Crippen LogP contribution in [0.4, 0.5) is 4.79 Å². The number of imide groups is 1. The molecular formula is C21H31N5O3. The van der Waals surface area contributed by atoms with Gasteiger partial charge >= 0.3 is 6.03 Å². The van der Waals surface area contributed by atoms with E-state index in [1.54, 1.807) is 0 Å². The predicted octanol–water partition coefficient (Wildman–Crippen LogP) is 0.643. The van der Waals surface area contributed by atoms with Crippen molar-refractivity contribution in [2.75, 3.05) is 52.4 Å². The minimum absolute atomic E-state index is 0.187. The molecule has 2 heterocycles. The smallest absolute Gasteiger partial charge is 0.321 e. The van der Waals surface area contributed by atoms with E-state index in [0.29, 0.717) is 26.2 Å². The number of nitrogens with one attached hydrogen (secondary N) is 2. The molecule has 29 heavy (non-hydrogen) atoms. The fourth-order valence-electron chi connectivity index (χ4n) is 3.73. The molecule has 1 aromatic carbocycles. The Bertz CT molecular complexity index is 683. The number of hydrogen-bond donors (Lipinski definition) is 2. The minimum atomic E-state index is -0.482. The van der Waals surface area contributed by atoms with E-state index in [2.05, 4.69) is 15.5 Å². The van der Waals surface area contributed by atoms with Gasteiger partial charge in [-0.1, -0.05) is 30.3 Å². The lowest BCUT2D eigenvalue weighted by Crippen LogP contribution is -2.53. The number of rotatable bonds is 6. The Balaban J connectivity index is 1.31. The number of piperidine rings is 1. The highest BCUT2D eigenvalue weighted by molar-refractivity contribution is 5.95. The first-order valence-corrected chi connectivity index (χ1v) is 10.4. The van der Waals surface area contributed by atoms with Crippen molar-refractivity contribution in [1.82, 2.24) is 25.3 Å². The van der Waals surface area contributed by atoms with Gasteiger partial charge in [0.2, 0.25) is 11.8 Å². The van der Waals surface area contributed by atoms with Gasteiger partial charge in [0.25, 0.3) is 0 Å². The Kier molecular flexibility index (Phi) is 8.01. The maximum Gasteiger partial charge on any atom is 0.321 e. The Morgan fingerprint density at radius 3 is 2.07 bits per heavy atom. The monoisotopic (exact) mass is 401 g/mol. The maximum absolute atomic E-state index is 12.4. The second-order valence-electron chi connectivity index (χ2n) is 7.71. The third-order valence-corrected chi connectivity index (χ3v) is 5.45. The van der Waals surface area contributed by atoms with Crippen LogP contribution >= 0.6 is 0 Å². The summed E-state index contributed by atoms with van der Waals surface area (Å²) in [5.41, 5.74) is 0.977. The molecule has 4 amide bonds. The Labute approximate surface area is 172 Å². The molecule has 158 valence electrons. The van der Waals surface area contributed by atoms with Gasteiger partial charge in [-0.2, -0.15) is 0 Å². The highest BCUT2D eigenvalue weighted by atomic mass is 16.2. The molecule has 2 aliphatic heterocycles. The van der Waals surface area contributed by atoms with Gasteiger partial charge in [0.1, 0.15) is 0 Å². The zero-order valence-corrected chi connectivity index (χ0v) is 16.9. The number of hydrogen-bond acceptors (Lipinski definition) is 5. The van der Waals surface area contributed by atoms with E-state index >= 15 is 0 Å². The van der Waals surface area contributed by atoms with E-state index in [0.717, 1.165) is 44.6 Å². The molecule has 0 aromatic heterocycles. The van der Waals surface area contributed by atoms with Gasteiger partial charge in [-0.25, -0.2) is 4.79 Å². The molecule has 2 fully saturated rings. The van der Waals surface area contributed by atoms with Crippen molar-refractivity contribution < 1.29 is 14.4 Å².